The fourth-order valence-electron chi connectivity index (χ4n) is 5.20. The summed E-state index contributed by atoms with van der Waals surface area (Å²) in [6.45, 7) is 27.8. The minimum Gasteiger partial charge on any atom is -0.413 e. The van der Waals surface area contributed by atoms with Crippen LogP contribution in [0.2, 0.25) is 36.3 Å². The molecule has 0 heterocycles. The van der Waals surface area contributed by atoms with Gasteiger partial charge in [-0.05, 0) is 80.2 Å². The van der Waals surface area contributed by atoms with E-state index < -0.39 is 16.6 Å². The lowest BCUT2D eigenvalue weighted by atomic mass is 9.89. The molecule has 206 valence electrons. The minimum atomic E-state index is -1.94. The fraction of sp³-hybridized carbons (Fsp3) is 0.806. The maximum absolute atomic E-state index is 9.50. The van der Waals surface area contributed by atoms with Gasteiger partial charge in [-0.15, -0.1) is 11.8 Å². The normalized spacial score (nSPS) is 28.3. The molecule has 5 heteroatoms. The van der Waals surface area contributed by atoms with Crippen LogP contribution < -0.4 is 0 Å². The van der Waals surface area contributed by atoms with Gasteiger partial charge in [-0.1, -0.05) is 72.3 Å². The Bertz CT molecular complexity index is 848. The third kappa shape index (κ3) is 7.70. The summed E-state index contributed by atoms with van der Waals surface area (Å²) in [5, 5.41) is 9.86. The van der Waals surface area contributed by atoms with Crippen LogP contribution in [0.5, 0.6) is 0 Å². The van der Waals surface area contributed by atoms with E-state index in [1.54, 1.807) is 0 Å². The molecule has 0 unspecified atom stereocenters. The molecule has 0 amide bonds. The van der Waals surface area contributed by atoms with Crippen LogP contribution in [0.15, 0.2) is 23.8 Å². The van der Waals surface area contributed by atoms with Crippen molar-refractivity contribution in [2.45, 2.75) is 130 Å². The number of rotatable bonds is 9. The molecule has 2 saturated carbocycles. The first-order chi connectivity index (χ1) is 16.4. The zero-order valence-electron chi connectivity index (χ0n) is 25.5. The molecule has 0 spiro atoms. The second-order valence-electron chi connectivity index (χ2n) is 14.4. The van der Waals surface area contributed by atoms with E-state index in [1.165, 1.54) is 5.57 Å². The third-order valence-electron chi connectivity index (χ3n) is 9.64. The fourth-order valence-corrected chi connectivity index (χ4v) is 7.91. The summed E-state index contributed by atoms with van der Waals surface area (Å²) >= 11 is 0. The number of aliphatic hydroxyl groups is 1. The first-order valence-corrected chi connectivity index (χ1v) is 20.0. The maximum Gasteiger partial charge on any atom is 0.192 e. The molecule has 2 rings (SSSR count). The van der Waals surface area contributed by atoms with E-state index in [0.717, 1.165) is 25.7 Å². The molecule has 0 bridgehead atoms. The minimum absolute atomic E-state index is 0.0631. The molecule has 3 nitrogen and oxygen atoms in total. The van der Waals surface area contributed by atoms with Crippen molar-refractivity contribution in [2.24, 2.45) is 23.7 Å². The zero-order chi connectivity index (χ0) is 27.5. The topological polar surface area (TPSA) is 38.7 Å². The van der Waals surface area contributed by atoms with Gasteiger partial charge in [0.25, 0.3) is 0 Å². The highest BCUT2D eigenvalue weighted by Gasteiger charge is 2.50. The molecule has 2 aliphatic rings. The number of aliphatic hydroxyl groups excluding tert-OH is 1. The molecular formula is C31H56O3Si2. The van der Waals surface area contributed by atoms with Gasteiger partial charge in [0.2, 0.25) is 0 Å². The van der Waals surface area contributed by atoms with E-state index in [1.807, 2.05) is 13.0 Å². The molecule has 2 aliphatic carbocycles. The Labute approximate surface area is 225 Å². The number of fused-ring (bicyclic) bond motifs is 1. The molecule has 2 fully saturated rings. The van der Waals surface area contributed by atoms with Crippen LogP contribution >= 0.6 is 0 Å². The summed E-state index contributed by atoms with van der Waals surface area (Å²) < 4.78 is 14.1. The van der Waals surface area contributed by atoms with Gasteiger partial charge in [0.05, 0.1) is 18.8 Å². The number of hydrogen-bond acceptors (Lipinski definition) is 3. The van der Waals surface area contributed by atoms with Gasteiger partial charge in [-0.3, -0.25) is 0 Å². The van der Waals surface area contributed by atoms with Gasteiger partial charge in [0, 0.05) is 12.3 Å². The highest BCUT2D eigenvalue weighted by Crippen LogP contribution is 2.53. The lowest BCUT2D eigenvalue weighted by Crippen LogP contribution is -2.45. The van der Waals surface area contributed by atoms with Gasteiger partial charge >= 0.3 is 0 Å². The third-order valence-corrected chi connectivity index (χ3v) is 18.6. The van der Waals surface area contributed by atoms with Crippen molar-refractivity contribution in [2.75, 3.05) is 6.61 Å². The summed E-state index contributed by atoms with van der Waals surface area (Å²) in [6, 6.07) is 0. The lowest BCUT2D eigenvalue weighted by molar-refractivity contribution is 0.144. The summed E-state index contributed by atoms with van der Waals surface area (Å²) in [5.74, 6) is 8.35. The number of allylic oxidation sites excluding steroid dienone is 1. The Morgan fingerprint density at radius 2 is 1.64 bits per heavy atom. The van der Waals surface area contributed by atoms with E-state index >= 15 is 0 Å². The second kappa shape index (κ2) is 12.0. The summed E-state index contributed by atoms with van der Waals surface area (Å²) in [4.78, 5) is 0. The van der Waals surface area contributed by atoms with Gasteiger partial charge in [-0.25, -0.2) is 0 Å². The monoisotopic (exact) mass is 532 g/mol. The molecule has 0 saturated heterocycles. The van der Waals surface area contributed by atoms with Crippen molar-refractivity contribution in [3.05, 3.63) is 23.8 Å². The molecule has 36 heavy (non-hydrogen) atoms. The zero-order valence-corrected chi connectivity index (χ0v) is 27.5. The van der Waals surface area contributed by atoms with Crippen LogP contribution in [-0.2, 0) is 8.85 Å². The first-order valence-electron chi connectivity index (χ1n) is 14.2. The molecule has 0 aromatic heterocycles. The highest BCUT2D eigenvalue weighted by atomic mass is 28.4. The van der Waals surface area contributed by atoms with Crippen molar-refractivity contribution in [3.8, 4) is 11.8 Å². The van der Waals surface area contributed by atoms with Crippen molar-refractivity contribution >= 4 is 16.6 Å². The second-order valence-corrected chi connectivity index (χ2v) is 24.0. The average molecular weight is 533 g/mol. The molecule has 6 atom stereocenters. The van der Waals surface area contributed by atoms with Crippen LogP contribution in [-0.4, -0.2) is 40.6 Å². The number of hydrogen-bond donors (Lipinski definition) is 1. The van der Waals surface area contributed by atoms with E-state index in [4.69, 9.17) is 8.85 Å². The molecule has 1 N–H and O–H groups in total. The molecular weight excluding hydrogens is 477 g/mol. The SMILES string of the molecule is CC#CC[C@H](C)[C@@H](/C=C/[C@@H]1[C@H]2C/C(=C/CO)C[C@H]2C[C@H]1O[Si](C)(C)C(C)(C)C)O[Si](C)(C)C(C)(C)C. The van der Waals surface area contributed by atoms with Gasteiger partial charge in [-0.2, -0.15) is 0 Å². The molecule has 0 aromatic carbocycles. The highest BCUT2D eigenvalue weighted by molar-refractivity contribution is 6.74. The maximum atomic E-state index is 9.50. The van der Waals surface area contributed by atoms with Crippen LogP contribution in [0.3, 0.4) is 0 Å². The van der Waals surface area contributed by atoms with E-state index in [-0.39, 0.29) is 28.9 Å². The Morgan fingerprint density at radius 1 is 1.03 bits per heavy atom. The van der Waals surface area contributed by atoms with E-state index in [9.17, 15) is 5.11 Å². The van der Waals surface area contributed by atoms with Crippen LogP contribution in [0.1, 0.15) is 81.1 Å². The first kappa shape index (κ1) is 31.6. The van der Waals surface area contributed by atoms with Crippen LogP contribution in [0.4, 0.5) is 0 Å². The smallest absolute Gasteiger partial charge is 0.192 e. The Hall–Kier alpha value is -0.646. The summed E-state index contributed by atoms with van der Waals surface area (Å²) in [7, 11) is -3.82. The lowest BCUT2D eigenvalue weighted by Gasteiger charge is -2.41. The summed E-state index contributed by atoms with van der Waals surface area (Å²) in [5.41, 5.74) is 1.43. The Balaban J connectivity index is 2.39. The van der Waals surface area contributed by atoms with Crippen molar-refractivity contribution in [1.82, 2.24) is 0 Å². The Morgan fingerprint density at radius 3 is 2.17 bits per heavy atom. The van der Waals surface area contributed by atoms with Gasteiger partial charge in [0.1, 0.15) is 0 Å². The van der Waals surface area contributed by atoms with Gasteiger partial charge < -0.3 is 14.0 Å². The summed E-state index contributed by atoms with van der Waals surface area (Å²) in [6.07, 6.45) is 11.4. The van der Waals surface area contributed by atoms with Crippen LogP contribution in [0.25, 0.3) is 0 Å². The predicted molar refractivity (Wildman–Crippen MR) is 160 cm³/mol. The van der Waals surface area contributed by atoms with Crippen molar-refractivity contribution in [3.63, 3.8) is 0 Å². The van der Waals surface area contributed by atoms with Crippen molar-refractivity contribution < 1.29 is 14.0 Å². The standard InChI is InChI=1S/C31H56O3Si2/c1-13-14-15-23(2)28(33-35(9,10)30(3,4)5)17-16-26-27-21-24(18-19-32)20-25(27)22-29(26)34-36(11,12)31(6,7)8/h16-18,23,25-29,32H,15,19-22H2,1-12H3/b17-16+,24-18+/t23-,25-,26+,27-,28+,29+/m0/s1. The molecule has 0 radical (unpaired) electrons. The quantitative estimate of drug-likeness (QED) is 0.184. The predicted octanol–water partition coefficient (Wildman–Crippen LogP) is 8.34. The van der Waals surface area contributed by atoms with Crippen LogP contribution in [0, 0.1) is 35.5 Å². The molecule has 0 aromatic rings. The van der Waals surface area contributed by atoms with Gasteiger partial charge in [0.15, 0.2) is 16.6 Å². The average Bonchev–Trinajstić information content (AvgIpc) is 3.24. The van der Waals surface area contributed by atoms with Crippen molar-refractivity contribution in [1.29, 1.82) is 0 Å². The largest absolute Gasteiger partial charge is 0.413 e. The Kier molecular flexibility index (Phi) is 10.6. The van der Waals surface area contributed by atoms with E-state index in [0.29, 0.717) is 23.7 Å². The molecule has 0 aliphatic heterocycles. The van der Waals surface area contributed by atoms with E-state index in [2.05, 4.69) is 98.6 Å².